The largest absolute Gasteiger partial charge is 0.464 e. The number of alkyl carbamates (subject to hydrolysis) is 2. The predicted octanol–water partition coefficient (Wildman–Crippen LogP) is 5.36. The van der Waals surface area contributed by atoms with Crippen LogP contribution in [0.4, 0.5) is 9.59 Å². The molecule has 0 heterocycles. The molecule has 0 aromatic rings. The molecule has 0 spiro atoms. The van der Waals surface area contributed by atoms with Gasteiger partial charge in [-0.1, -0.05) is 11.6 Å². The molecule has 0 aliphatic heterocycles. The summed E-state index contributed by atoms with van der Waals surface area (Å²) in [7, 11) is 0. The molecular formula is C31H46N2O6. The second kappa shape index (κ2) is 14.6. The van der Waals surface area contributed by atoms with E-state index in [9.17, 15) is 14.4 Å². The Kier molecular flexibility index (Phi) is 11.0. The average Bonchev–Trinajstić information content (AvgIpc) is 3.75. The minimum Gasteiger partial charge on any atom is -0.464 e. The van der Waals surface area contributed by atoms with Gasteiger partial charge < -0.3 is 24.8 Å². The first-order valence-corrected chi connectivity index (χ1v) is 15.1. The Hall–Kier alpha value is -2.69. The monoisotopic (exact) mass is 542 g/mol. The molecule has 0 radical (unpaired) electrons. The van der Waals surface area contributed by atoms with E-state index in [0.29, 0.717) is 74.5 Å². The van der Waals surface area contributed by atoms with Gasteiger partial charge in [-0.25, -0.2) is 14.4 Å². The van der Waals surface area contributed by atoms with Crippen molar-refractivity contribution in [2.45, 2.75) is 90.5 Å². The molecule has 7 atom stereocenters. The SMILES string of the molecule is CCOC(=O)[C@H](CCCCNC(=O)OC[C@@H]1[C@@H]2CCC(C)=CCC[C@@H]21)NC(=O)OCC1[C@H]2CCC#CCC[C@@H]12. The van der Waals surface area contributed by atoms with Crippen molar-refractivity contribution in [2.24, 2.45) is 35.5 Å². The van der Waals surface area contributed by atoms with Gasteiger partial charge in [0.15, 0.2) is 0 Å². The first-order valence-electron chi connectivity index (χ1n) is 15.1. The normalized spacial score (nSPS) is 29.5. The van der Waals surface area contributed by atoms with Crippen molar-refractivity contribution in [3.05, 3.63) is 11.6 Å². The second-order valence-corrected chi connectivity index (χ2v) is 11.6. The maximum atomic E-state index is 12.5. The van der Waals surface area contributed by atoms with Crippen LogP contribution in [0.1, 0.15) is 84.5 Å². The number of ether oxygens (including phenoxy) is 3. The molecule has 0 aromatic carbocycles. The van der Waals surface area contributed by atoms with E-state index < -0.39 is 18.1 Å². The van der Waals surface area contributed by atoms with Crippen molar-refractivity contribution in [1.82, 2.24) is 10.6 Å². The lowest BCUT2D eigenvalue weighted by molar-refractivity contribution is -0.145. The molecule has 1 unspecified atom stereocenters. The lowest BCUT2D eigenvalue weighted by Gasteiger charge is -2.17. The fraction of sp³-hybridized carbons (Fsp3) is 0.774. The van der Waals surface area contributed by atoms with E-state index in [0.717, 1.165) is 38.5 Å². The maximum Gasteiger partial charge on any atom is 0.407 e. The number of carbonyl (C=O) groups excluding carboxylic acids is 3. The van der Waals surface area contributed by atoms with Crippen LogP contribution >= 0.6 is 0 Å². The van der Waals surface area contributed by atoms with Crippen LogP contribution in [0.15, 0.2) is 11.6 Å². The predicted molar refractivity (Wildman–Crippen MR) is 148 cm³/mol. The van der Waals surface area contributed by atoms with Crippen LogP contribution < -0.4 is 10.6 Å². The lowest BCUT2D eigenvalue weighted by atomic mass is 10.0. The van der Waals surface area contributed by atoms with E-state index in [2.05, 4.69) is 35.5 Å². The van der Waals surface area contributed by atoms with Crippen LogP contribution in [0.5, 0.6) is 0 Å². The van der Waals surface area contributed by atoms with Gasteiger partial charge in [0, 0.05) is 19.4 Å². The Morgan fingerprint density at radius 1 is 0.897 bits per heavy atom. The number of hydrogen-bond donors (Lipinski definition) is 2. The lowest BCUT2D eigenvalue weighted by Crippen LogP contribution is -2.42. The summed E-state index contributed by atoms with van der Waals surface area (Å²) in [5.74, 6) is 9.38. The van der Waals surface area contributed by atoms with E-state index in [-0.39, 0.29) is 12.7 Å². The number of allylic oxidation sites excluding steroid dienone is 2. The third kappa shape index (κ3) is 8.91. The Morgan fingerprint density at radius 2 is 1.54 bits per heavy atom. The third-order valence-corrected chi connectivity index (χ3v) is 9.08. The molecule has 0 bridgehead atoms. The van der Waals surface area contributed by atoms with Gasteiger partial charge in [0.1, 0.15) is 6.04 Å². The Balaban J connectivity index is 1.08. The van der Waals surface area contributed by atoms with Crippen molar-refractivity contribution in [3.8, 4) is 11.8 Å². The first-order chi connectivity index (χ1) is 19.0. The van der Waals surface area contributed by atoms with Gasteiger partial charge >= 0.3 is 18.2 Å². The van der Waals surface area contributed by atoms with Crippen molar-refractivity contribution in [2.75, 3.05) is 26.4 Å². The molecule has 2 saturated carbocycles. The summed E-state index contributed by atoms with van der Waals surface area (Å²) in [5, 5.41) is 5.50. The maximum absolute atomic E-state index is 12.5. The van der Waals surface area contributed by atoms with Gasteiger partial charge in [-0.2, -0.15) is 0 Å². The highest BCUT2D eigenvalue weighted by atomic mass is 16.6. The second-order valence-electron chi connectivity index (χ2n) is 11.6. The Labute approximate surface area is 233 Å². The van der Waals surface area contributed by atoms with E-state index in [1.54, 1.807) is 6.92 Å². The first kappa shape index (κ1) is 29.3. The fourth-order valence-corrected chi connectivity index (χ4v) is 6.66. The summed E-state index contributed by atoms with van der Waals surface area (Å²) in [6.07, 6.45) is 11.7. The van der Waals surface area contributed by atoms with Crippen molar-refractivity contribution in [1.29, 1.82) is 0 Å². The molecular weight excluding hydrogens is 496 g/mol. The number of hydrogen-bond acceptors (Lipinski definition) is 6. The van der Waals surface area contributed by atoms with Crippen molar-refractivity contribution in [3.63, 3.8) is 0 Å². The van der Waals surface area contributed by atoms with Gasteiger partial charge in [-0.05, 0) is 107 Å². The Morgan fingerprint density at radius 3 is 2.23 bits per heavy atom. The van der Waals surface area contributed by atoms with Gasteiger partial charge in [0.2, 0.25) is 0 Å². The number of fused-ring (bicyclic) bond motifs is 2. The molecule has 2 amide bonds. The fourth-order valence-electron chi connectivity index (χ4n) is 6.66. The average molecular weight is 543 g/mol. The van der Waals surface area contributed by atoms with Crippen molar-refractivity contribution < 1.29 is 28.6 Å². The molecule has 8 heteroatoms. The minimum atomic E-state index is -0.768. The number of carbonyl (C=O) groups is 3. The highest BCUT2D eigenvalue weighted by Crippen LogP contribution is 2.53. The molecule has 216 valence electrons. The number of esters is 1. The molecule has 2 N–H and O–H groups in total. The van der Waals surface area contributed by atoms with Crippen LogP contribution in [0, 0.1) is 47.3 Å². The quantitative estimate of drug-likeness (QED) is 0.113. The van der Waals surface area contributed by atoms with Crippen LogP contribution in [-0.2, 0) is 19.0 Å². The molecule has 2 fully saturated rings. The number of amides is 2. The topological polar surface area (TPSA) is 103 Å². The van der Waals surface area contributed by atoms with E-state index >= 15 is 0 Å². The van der Waals surface area contributed by atoms with Gasteiger partial charge in [-0.15, -0.1) is 11.8 Å². The number of nitrogens with one attached hydrogen (secondary N) is 2. The van der Waals surface area contributed by atoms with E-state index in [1.165, 1.54) is 18.4 Å². The zero-order valence-corrected chi connectivity index (χ0v) is 23.7. The minimum absolute atomic E-state index is 0.242. The van der Waals surface area contributed by atoms with Crippen molar-refractivity contribution >= 4 is 18.2 Å². The van der Waals surface area contributed by atoms with Crippen LogP contribution in [0.2, 0.25) is 0 Å². The molecule has 39 heavy (non-hydrogen) atoms. The van der Waals surface area contributed by atoms with Crippen LogP contribution in [0.3, 0.4) is 0 Å². The molecule has 0 saturated heterocycles. The molecule has 0 aromatic heterocycles. The van der Waals surface area contributed by atoms with Gasteiger partial charge in [0.25, 0.3) is 0 Å². The molecule has 4 rings (SSSR count). The van der Waals surface area contributed by atoms with E-state index in [4.69, 9.17) is 14.2 Å². The highest BCUT2D eigenvalue weighted by Gasteiger charge is 2.50. The zero-order chi connectivity index (χ0) is 27.6. The number of rotatable bonds is 12. The summed E-state index contributed by atoms with van der Waals surface area (Å²) < 4.78 is 16.1. The van der Waals surface area contributed by atoms with Gasteiger partial charge in [0.05, 0.1) is 19.8 Å². The molecule has 4 aliphatic carbocycles. The third-order valence-electron chi connectivity index (χ3n) is 9.08. The van der Waals surface area contributed by atoms with Gasteiger partial charge in [-0.3, -0.25) is 0 Å². The summed E-state index contributed by atoms with van der Waals surface area (Å²) in [6, 6.07) is -0.768. The summed E-state index contributed by atoms with van der Waals surface area (Å²) in [6.45, 7) is 5.51. The summed E-state index contributed by atoms with van der Waals surface area (Å²) in [4.78, 5) is 37.0. The Bertz CT molecular complexity index is 934. The van der Waals surface area contributed by atoms with Crippen LogP contribution in [-0.4, -0.2) is 50.6 Å². The van der Waals surface area contributed by atoms with E-state index in [1.807, 2.05) is 0 Å². The highest BCUT2D eigenvalue weighted by molar-refractivity contribution is 5.81. The summed E-state index contributed by atoms with van der Waals surface area (Å²) in [5.41, 5.74) is 1.48. The smallest absolute Gasteiger partial charge is 0.407 e. The summed E-state index contributed by atoms with van der Waals surface area (Å²) >= 11 is 0. The zero-order valence-electron chi connectivity index (χ0n) is 23.7. The van der Waals surface area contributed by atoms with Crippen LogP contribution in [0.25, 0.3) is 0 Å². The molecule has 4 aliphatic rings. The molecule has 8 nitrogen and oxygen atoms in total. The number of unbranched alkanes of at least 4 members (excludes halogenated alkanes) is 1. The standard InChI is InChI=1S/C31H46N2O6/c1-3-37-29(34)28(33-31(36)39-20-26-22-12-6-4-5-7-13-23(22)26)15-8-9-18-32-30(35)38-19-27-24-14-10-11-21(2)16-17-25(24)27/h11,22-28H,3,6-10,12-20H2,1-2H3,(H,32,35)(H,33,36)/t22-,23+,24-,25+,26?,27-,28-/m0/s1.